The fraction of sp³-hybridized carbons (Fsp3) is 0.267. The molecular formula is C15H18N6S. The average Bonchev–Trinajstić information content (AvgIpc) is 2.92. The summed E-state index contributed by atoms with van der Waals surface area (Å²) in [6.45, 7) is 2.18. The molecule has 0 aliphatic carbocycles. The number of nitrogens with two attached hydrogens (primary N) is 2. The van der Waals surface area contributed by atoms with Crippen molar-refractivity contribution in [3.8, 4) is 0 Å². The molecule has 2 heterocycles. The van der Waals surface area contributed by atoms with Crippen LogP contribution >= 0.6 is 11.8 Å². The number of nitrogen functional groups attached to an aromatic ring is 2. The lowest BCUT2D eigenvalue weighted by molar-refractivity contribution is 0.795. The molecular weight excluding hydrogens is 296 g/mol. The molecule has 5 N–H and O–H groups in total. The van der Waals surface area contributed by atoms with E-state index in [1.807, 2.05) is 12.1 Å². The molecule has 114 valence electrons. The summed E-state index contributed by atoms with van der Waals surface area (Å²) in [5, 5.41) is 0.704. The Bertz CT molecular complexity index is 798. The van der Waals surface area contributed by atoms with Crippen LogP contribution in [0.2, 0.25) is 0 Å². The Hall–Kier alpha value is -2.28. The molecule has 0 unspecified atom stereocenters. The van der Waals surface area contributed by atoms with Crippen LogP contribution < -0.4 is 11.5 Å². The normalized spacial score (nSPS) is 11.1. The molecule has 2 aromatic heterocycles. The topological polar surface area (TPSA) is 106 Å². The number of aromatic nitrogens is 4. The number of hydrogen-bond acceptors (Lipinski definition) is 6. The second-order valence-corrected chi connectivity index (χ2v) is 6.11. The van der Waals surface area contributed by atoms with Gasteiger partial charge in [0.05, 0.1) is 0 Å². The highest BCUT2D eigenvalue weighted by molar-refractivity contribution is 7.99. The van der Waals surface area contributed by atoms with Gasteiger partial charge < -0.3 is 16.5 Å². The molecule has 0 saturated heterocycles. The van der Waals surface area contributed by atoms with Crippen LogP contribution in [0.15, 0.2) is 34.6 Å². The number of anilines is 2. The first-order valence-corrected chi connectivity index (χ1v) is 8.01. The van der Waals surface area contributed by atoms with Crippen LogP contribution in [0.5, 0.6) is 0 Å². The highest BCUT2D eigenvalue weighted by Crippen LogP contribution is 2.32. The fourth-order valence-corrected chi connectivity index (χ4v) is 3.01. The standard InChI is InChI=1S/C15H18N6S/c1-2-3-4-9-5-6-11(10(16)7-9)22-15-20-12-13(17)18-8-19-14(12)21-15/h5-8H,2-4,16H2,1H3,(H3,17,18,19,20,21). The van der Waals surface area contributed by atoms with Gasteiger partial charge in [0.25, 0.3) is 0 Å². The van der Waals surface area contributed by atoms with Crippen LogP contribution in [0, 0.1) is 0 Å². The average molecular weight is 314 g/mol. The monoisotopic (exact) mass is 314 g/mol. The minimum Gasteiger partial charge on any atom is -0.398 e. The highest BCUT2D eigenvalue weighted by Gasteiger charge is 2.10. The molecule has 22 heavy (non-hydrogen) atoms. The first kappa shape index (κ1) is 14.6. The van der Waals surface area contributed by atoms with Crippen molar-refractivity contribution in [1.82, 2.24) is 19.9 Å². The molecule has 0 aliphatic rings. The number of hydrogen-bond donors (Lipinski definition) is 3. The van der Waals surface area contributed by atoms with Gasteiger partial charge in [0.15, 0.2) is 22.1 Å². The third-order valence-corrected chi connectivity index (χ3v) is 4.37. The Morgan fingerprint density at radius 2 is 2.09 bits per heavy atom. The van der Waals surface area contributed by atoms with Gasteiger partial charge in [-0.3, -0.25) is 0 Å². The molecule has 7 heteroatoms. The second kappa shape index (κ2) is 6.23. The van der Waals surface area contributed by atoms with E-state index in [0.29, 0.717) is 22.1 Å². The smallest absolute Gasteiger partial charge is 0.172 e. The summed E-state index contributed by atoms with van der Waals surface area (Å²) in [6.07, 6.45) is 4.83. The van der Waals surface area contributed by atoms with Crippen LogP contribution in [-0.4, -0.2) is 19.9 Å². The summed E-state index contributed by atoms with van der Waals surface area (Å²) >= 11 is 1.47. The summed E-state index contributed by atoms with van der Waals surface area (Å²) in [5.74, 6) is 0.371. The van der Waals surface area contributed by atoms with Crippen LogP contribution in [0.25, 0.3) is 11.2 Å². The quantitative estimate of drug-likeness (QED) is 0.625. The lowest BCUT2D eigenvalue weighted by atomic mass is 10.1. The molecule has 0 aliphatic heterocycles. The molecule has 0 radical (unpaired) electrons. The Morgan fingerprint density at radius 3 is 2.82 bits per heavy atom. The lowest BCUT2D eigenvalue weighted by Gasteiger charge is -2.06. The molecule has 0 saturated carbocycles. The Balaban J connectivity index is 1.83. The van der Waals surface area contributed by atoms with Crippen molar-refractivity contribution in [1.29, 1.82) is 0 Å². The molecule has 3 aromatic rings. The van der Waals surface area contributed by atoms with Gasteiger partial charge in [0, 0.05) is 10.6 Å². The van der Waals surface area contributed by atoms with Gasteiger partial charge in [-0.05, 0) is 42.3 Å². The van der Waals surface area contributed by atoms with Gasteiger partial charge in [0.2, 0.25) is 0 Å². The summed E-state index contributed by atoms with van der Waals surface area (Å²) in [4.78, 5) is 16.6. The van der Waals surface area contributed by atoms with Gasteiger partial charge in [-0.2, -0.15) is 0 Å². The number of aryl methyl sites for hydroxylation is 1. The number of rotatable bonds is 5. The van der Waals surface area contributed by atoms with E-state index in [1.54, 1.807) is 0 Å². The first-order chi connectivity index (χ1) is 10.7. The maximum atomic E-state index is 6.15. The van der Waals surface area contributed by atoms with Crippen molar-refractivity contribution >= 4 is 34.4 Å². The third-order valence-electron chi connectivity index (χ3n) is 3.39. The molecule has 0 spiro atoms. The van der Waals surface area contributed by atoms with E-state index in [1.165, 1.54) is 36.5 Å². The molecule has 1 aromatic carbocycles. The zero-order chi connectivity index (χ0) is 15.5. The van der Waals surface area contributed by atoms with E-state index in [9.17, 15) is 0 Å². The highest BCUT2D eigenvalue weighted by atomic mass is 32.2. The molecule has 3 rings (SSSR count). The minimum absolute atomic E-state index is 0.371. The predicted octanol–water partition coefficient (Wildman–Crippen LogP) is 3.01. The number of nitrogens with one attached hydrogen (secondary N) is 1. The fourth-order valence-electron chi connectivity index (χ4n) is 2.20. The maximum absolute atomic E-state index is 6.15. The number of aromatic amines is 1. The van der Waals surface area contributed by atoms with Crippen molar-refractivity contribution in [3.63, 3.8) is 0 Å². The number of unbranched alkanes of at least 4 members (excludes halogenated alkanes) is 1. The lowest BCUT2D eigenvalue weighted by Crippen LogP contribution is -1.92. The molecule has 0 amide bonds. The van der Waals surface area contributed by atoms with E-state index < -0.39 is 0 Å². The minimum atomic E-state index is 0.371. The molecule has 0 fully saturated rings. The Kier molecular flexibility index (Phi) is 4.15. The summed E-state index contributed by atoms with van der Waals surface area (Å²) in [7, 11) is 0. The van der Waals surface area contributed by atoms with E-state index in [0.717, 1.165) is 17.0 Å². The van der Waals surface area contributed by atoms with Crippen LogP contribution in [0.4, 0.5) is 11.5 Å². The van der Waals surface area contributed by atoms with E-state index in [4.69, 9.17) is 11.5 Å². The Labute approximate surface area is 132 Å². The van der Waals surface area contributed by atoms with E-state index >= 15 is 0 Å². The van der Waals surface area contributed by atoms with Crippen molar-refractivity contribution < 1.29 is 0 Å². The number of fused-ring (bicyclic) bond motifs is 1. The number of nitrogens with zero attached hydrogens (tertiary/aromatic N) is 3. The van der Waals surface area contributed by atoms with Crippen LogP contribution in [-0.2, 0) is 6.42 Å². The zero-order valence-electron chi connectivity index (χ0n) is 12.3. The van der Waals surface area contributed by atoms with Crippen molar-refractivity contribution in [2.75, 3.05) is 11.5 Å². The van der Waals surface area contributed by atoms with E-state index in [-0.39, 0.29) is 0 Å². The zero-order valence-corrected chi connectivity index (χ0v) is 13.2. The number of H-pyrrole nitrogens is 1. The van der Waals surface area contributed by atoms with Gasteiger partial charge in [-0.1, -0.05) is 19.4 Å². The van der Waals surface area contributed by atoms with Crippen molar-refractivity contribution in [2.24, 2.45) is 0 Å². The van der Waals surface area contributed by atoms with Gasteiger partial charge in [0.1, 0.15) is 6.33 Å². The van der Waals surface area contributed by atoms with Crippen molar-refractivity contribution in [3.05, 3.63) is 30.1 Å². The van der Waals surface area contributed by atoms with Crippen LogP contribution in [0.3, 0.4) is 0 Å². The van der Waals surface area contributed by atoms with Gasteiger partial charge in [-0.25, -0.2) is 15.0 Å². The molecule has 0 bridgehead atoms. The second-order valence-electron chi connectivity index (χ2n) is 5.08. The molecule has 6 nitrogen and oxygen atoms in total. The third kappa shape index (κ3) is 2.99. The first-order valence-electron chi connectivity index (χ1n) is 7.20. The SMILES string of the molecule is CCCCc1ccc(Sc2nc3c(N)ncnc3[nH]2)c(N)c1. The maximum Gasteiger partial charge on any atom is 0.172 e. The largest absolute Gasteiger partial charge is 0.398 e. The summed E-state index contributed by atoms with van der Waals surface area (Å²) in [6, 6.07) is 6.19. The van der Waals surface area contributed by atoms with Crippen molar-refractivity contribution in [2.45, 2.75) is 36.2 Å². The van der Waals surface area contributed by atoms with Crippen LogP contribution in [0.1, 0.15) is 25.3 Å². The summed E-state index contributed by atoms with van der Waals surface area (Å²) in [5.41, 5.74) is 15.2. The van der Waals surface area contributed by atoms with E-state index in [2.05, 4.69) is 32.9 Å². The number of imidazole rings is 1. The Morgan fingerprint density at radius 1 is 1.23 bits per heavy atom. The van der Waals surface area contributed by atoms with Gasteiger partial charge in [-0.15, -0.1) is 0 Å². The molecule has 0 atom stereocenters. The number of benzene rings is 1. The summed E-state index contributed by atoms with van der Waals surface area (Å²) < 4.78 is 0. The predicted molar refractivity (Wildman–Crippen MR) is 89.7 cm³/mol. The van der Waals surface area contributed by atoms with Gasteiger partial charge >= 0.3 is 0 Å².